The van der Waals surface area contributed by atoms with Crippen LogP contribution in [0.1, 0.15) is 97.6 Å². The summed E-state index contributed by atoms with van der Waals surface area (Å²) in [5.74, 6) is -1.56. The first-order valence-electron chi connectivity index (χ1n) is 17.4. The van der Waals surface area contributed by atoms with Crippen molar-refractivity contribution in [1.29, 1.82) is 0 Å². The molecule has 0 bridgehead atoms. The standard InChI is InChI=1S/C42H50F2N2/c1-7-27-45-35-21-11-9-18-32(35)41(3,4)37(45)25-23-29-15-13-16-30(39(29)31-17-14-20-34(43)40(31)44)24-26-38-42(5,6)33-19-10-12-22-36(33)46(38)28-8-2/h9-11,14,17-21,23-26,37H,7-8,12-13,15-16,22,27-28H2,1-6H3/b25-23+,30-24+,38-26+. The number of halogens is 2. The number of fused-ring (bicyclic) bond motifs is 1. The summed E-state index contributed by atoms with van der Waals surface area (Å²) >= 11 is 0. The molecule has 0 fully saturated rings. The van der Waals surface area contributed by atoms with Gasteiger partial charge in [0.25, 0.3) is 0 Å². The van der Waals surface area contributed by atoms with Crippen LogP contribution >= 0.6 is 0 Å². The van der Waals surface area contributed by atoms with E-state index in [1.165, 1.54) is 34.3 Å². The molecule has 242 valence electrons. The fourth-order valence-electron chi connectivity index (χ4n) is 8.40. The zero-order valence-corrected chi connectivity index (χ0v) is 28.6. The fourth-order valence-corrected chi connectivity index (χ4v) is 8.40. The molecule has 4 heteroatoms. The molecule has 4 aliphatic rings. The van der Waals surface area contributed by atoms with Crippen LogP contribution in [0.4, 0.5) is 14.5 Å². The normalized spacial score (nSPS) is 23.8. The van der Waals surface area contributed by atoms with Gasteiger partial charge in [0.05, 0.1) is 6.04 Å². The SMILES string of the molecule is CCCN1C2=C(C=CCC2)C(C)(C)/C1=C\C=C1/CCCC(/C=C/C2N(CCC)c3ccccc3C2(C)C)=C1c1cccc(F)c1F. The number of hydrogen-bond acceptors (Lipinski definition) is 2. The van der Waals surface area contributed by atoms with Crippen molar-refractivity contribution in [1.82, 2.24) is 4.90 Å². The number of anilines is 1. The predicted octanol–water partition coefficient (Wildman–Crippen LogP) is 11.2. The maximum Gasteiger partial charge on any atom is 0.166 e. The Labute approximate surface area is 275 Å². The molecule has 0 N–H and O–H groups in total. The maximum atomic E-state index is 15.7. The summed E-state index contributed by atoms with van der Waals surface area (Å²) in [4.78, 5) is 5.04. The molecule has 0 saturated heterocycles. The van der Waals surface area contributed by atoms with Gasteiger partial charge in [0.15, 0.2) is 11.6 Å². The first-order valence-corrected chi connectivity index (χ1v) is 17.4. The van der Waals surface area contributed by atoms with Crippen molar-refractivity contribution >= 4 is 11.3 Å². The van der Waals surface area contributed by atoms with E-state index in [2.05, 4.69) is 112 Å². The molecule has 2 nitrogen and oxygen atoms in total. The number of allylic oxidation sites excluding steroid dienone is 10. The van der Waals surface area contributed by atoms with Gasteiger partial charge in [-0.15, -0.1) is 0 Å². The van der Waals surface area contributed by atoms with Gasteiger partial charge in [-0.2, -0.15) is 0 Å². The highest BCUT2D eigenvalue weighted by atomic mass is 19.2. The maximum absolute atomic E-state index is 15.7. The lowest BCUT2D eigenvalue weighted by Crippen LogP contribution is -2.40. The van der Waals surface area contributed by atoms with Gasteiger partial charge in [-0.1, -0.05) is 102 Å². The summed E-state index contributed by atoms with van der Waals surface area (Å²) in [6, 6.07) is 13.5. The fraction of sp³-hybridized carbons (Fsp3) is 0.429. The van der Waals surface area contributed by atoms with Crippen LogP contribution in [0.3, 0.4) is 0 Å². The molecule has 0 saturated carbocycles. The van der Waals surface area contributed by atoms with Crippen LogP contribution in [-0.2, 0) is 5.41 Å². The summed E-state index contributed by atoms with van der Waals surface area (Å²) in [6.07, 6.45) is 20.6. The van der Waals surface area contributed by atoms with Crippen molar-refractivity contribution in [2.45, 2.75) is 97.9 Å². The summed E-state index contributed by atoms with van der Waals surface area (Å²) in [5.41, 5.74) is 9.98. The second-order valence-electron chi connectivity index (χ2n) is 14.4. The van der Waals surface area contributed by atoms with Gasteiger partial charge < -0.3 is 9.80 Å². The first-order chi connectivity index (χ1) is 22.1. The van der Waals surface area contributed by atoms with Crippen LogP contribution in [0.5, 0.6) is 0 Å². The van der Waals surface area contributed by atoms with Crippen molar-refractivity contribution in [2.24, 2.45) is 5.41 Å². The lowest BCUT2D eigenvalue weighted by Gasteiger charge is -2.32. The third-order valence-electron chi connectivity index (χ3n) is 10.6. The molecule has 0 radical (unpaired) electrons. The molecule has 1 unspecified atom stereocenters. The van der Waals surface area contributed by atoms with Gasteiger partial charge in [-0.25, -0.2) is 8.78 Å². The number of para-hydroxylation sites is 1. The monoisotopic (exact) mass is 620 g/mol. The van der Waals surface area contributed by atoms with Crippen LogP contribution in [0.15, 0.2) is 107 Å². The van der Waals surface area contributed by atoms with E-state index in [9.17, 15) is 4.39 Å². The Bertz CT molecular complexity index is 1680. The highest BCUT2D eigenvalue weighted by Gasteiger charge is 2.43. The minimum Gasteiger partial charge on any atom is -0.364 e. The van der Waals surface area contributed by atoms with Gasteiger partial charge >= 0.3 is 0 Å². The molecule has 46 heavy (non-hydrogen) atoms. The Balaban J connectivity index is 1.46. The third kappa shape index (κ3) is 5.52. The molecule has 2 heterocycles. The quantitative estimate of drug-likeness (QED) is 0.290. The Morgan fingerprint density at radius 1 is 0.891 bits per heavy atom. The third-order valence-corrected chi connectivity index (χ3v) is 10.6. The summed E-state index contributed by atoms with van der Waals surface area (Å²) < 4.78 is 30.4. The number of nitrogens with zero attached hydrogens (tertiary/aromatic N) is 2. The molecule has 0 amide bonds. The van der Waals surface area contributed by atoms with E-state index in [0.717, 1.165) is 74.8 Å². The molecular weight excluding hydrogens is 570 g/mol. The van der Waals surface area contributed by atoms with E-state index < -0.39 is 11.6 Å². The summed E-state index contributed by atoms with van der Waals surface area (Å²) in [6.45, 7) is 15.7. The van der Waals surface area contributed by atoms with E-state index in [1.807, 2.05) is 0 Å². The lowest BCUT2D eigenvalue weighted by molar-refractivity contribution is 0.377. The topological polar surface area (TPSA) is 6.48 Å². The van der Waals surface area contributed by atoms with Crippen molar-refractivity contribution in [3.8, 4) is 0 Å². The molecule has 0 aromatic heterocycles. The molecule has 2 aliphatic heterocycles. The molecule has 2 aliphatic carbocycles. The van der Waals surface area contributed by atoms with Crippen LogP contribution in [0.2, 0.25) is 0 Å². The van der Waals surface area contributed by atoms with Gasteiger partial charge in [0.1, 0.15) is 0 Å². The number of rotatable bonds is 8. The van der Waals surface area contributed by atoms with Crippen LogP contribution in [0, 0.1) is 17.0 Å². The highest BCUT2D eigenvalue weighted by molar-refractivity contribution is 5.84. The summed E-state index contributed by atoms with van der Waals surface area (Å²) in [5, 5.41) is 0. The zero-order valence-electron chi connectivity index (χ0n) is 28.6. The Morgan fingerprint density at radius 3 is 2.46 bits per heavy atom. The predicted molar refractivity (Wildman–Crippen MR) is 190 cm³/mol. The second kappa shape index (κ2) is 12.9. The molecule has 6 rings (SSSR count). The number of hydrogen-bond donors (Lipinski definition) is 0. The van der Waals surface area contributed by atoms with E-state index in [0.29, 0.717) is 5.56 Å². The van der Waals surface area contributed by atoms with E-state index >= 15 is 4.39 Å². The highest BCUT2D eigenvalue weighted by Crippen LogP contribution is 2.51. The smallest absolute Gasteiger partial charge is 0.166 e. The minimum atomic E-state index is -0.798. The zero-order chi connectivity index (χ0) is 32.6. The Kier molecular flexibility index (Phi) is 9.02. The van der Waals surface area contributed by atoms with Gasteiger partial charge in [0.2, 0.25) is 0 Å². The second-order valence-corrected chi connectivity index (χ2v) is 14.4. The average molecular weight is 621 g/mol. The molecule has 2 aromatic carbocycles. The van der Waals surface area contributed by atoms with Crippen molar-refractivity contribution in [3.05, 3.63) is 130 Å². The minimum absolute atomic E-state index is 0.0812. The van der Waals surface area contributed by atoms with Crippen molar-refractivity contribution in [3.63, 3.8) is 0 Å². The number of benzene rings is 2. The average Bonchev–Trinajstić information content (AvgIpc) is 3.39. The lowest BCUT2D eigenvalue weighted by atomic mass is 9.78. The van der Waals surface area contributed by atoms with Gasteiger partial charge in [-0.3, -0.25) is 0 Å². The molecule has 1 atom stereocenters. The molecule has 2 aromatic rings. The van der Waals surface area contributed by atoms with Crippen LogP contribution < -0.4 is 4.90 Å². The van der Waals surface area contributed by atoms with Crippen molar-refractivity contribution in [2.75, 3.05) is 18.0 Å². The largest absolute Gasteiger partial charge is 0.364 e. The van der Waals surface area contributed by atoms with Gasteiger partial charge in [0, 0.05) is 46.6 Å². The molecular formula is C42H50F2N2. The van der Waals surface area contributed by atoms with Gasteiger partial charge in [-0.05, 0) is 91.0 Å². The molecule has 0 spiro atoms. The van der Waals surface area contributed by atoms with E-state index in [4.69, 9.17) is 0 Å². The van der Waals surface area contributed by atoms with E-state index in [-0.39, 0.29) is 16.9 Å². The van der Waals surface area contributed by atoms with Crippen LogP contribution in [0.25, 0.3) is 5.57 Å². The first kappa shape index (κ1) is 32.3. The Morgan fingerprint density at radius 2 is 1.67 bits per heavy atom. The summed E-state index contributed by atoms with van der Waals surface area (Å²) in [7, 11) is 0. The van der Waals surface area contributed by atoms with E-state index in [1.54, 1.807) is 12.1 Å². The van der Waals surface area contributed by atoms with Crippen LogP contribution in [-0.4, -0.2) is 24.0 Å². The van der Waals surface area contributed by atoms with Crippen molar-refractivity contribution < 1.29 is 8.78 Å². The Hall–Kier alpha value is -3.66.